The predicted octanol–water partition coefficient (Wildman–Crippen LogP) is 3.16. The Balaban J connectivity index is 3.24. The standard InChI is InChI=1S/C21H34O5/c1-12(2)7-8-15-18(23)17(16(22)11-14(5)6)20(25)21(26,19(15)24)10-9-13(3)4/h12-15,17,26H,7-11H2,1-6H3/t15?,17?,21-/m0/s1. The van der Waals surface area contributed by atoms with Crippen LogP contribution in [0.2, 0.25) is 0 Å². The number of ketones is 4. The SMILES string of the molecule is CC(C)CCC1C(=O)C(C(=O)CC(C)C)C(=O)[C@](O)(CCC(C)C)C1=O. The van der Waals surface area contributed by atoms with E-state index in [-0.39, 0.29) is 37.0 Å². The summed E-state index contributed by atoms with van der Waals surface area (Å²) in [5.41, 5.74) is -2.21. The van der Waals surface area contributed by atoms with Crippen molar-refractivity contribution in [2.24, 2.45) is 29.6 Å². The molecule has 0 aromatic rings. The van der Waals surface area contributed by atoms with Gasteiger partial charge < -0.3 is 5.11 Å². The van der Waals surface area contributed by atoms with Crippen LogP contribution < -0.4 is 0 Å². The molecular formula is C21H34O5. The predicted molar refractivity (Wildman–Crippen MR) is 99.6 cm³/mol. The first kappa shape index (κ1) is 22.7. The molecule has 0 saturated heterocycles. The quantitative estimate of drug-likeness (QED) is 0.633. The van der Waals surface area contributed by atoms with Gasteiger partial charge in [-0.25, -0.2) is 0 Å². The average Bonchev–Trinajstić information content (AvgIpc) is 2.50. The molecule has 0 radical (unpaired) electrons. The topological polar surface area (TPSA) is 88.5 Å². The number of carbonyl (C=O) groups is 4. The molecule has 1 aliphatic rings. The summed E-state index contributed by atoms with van der Waals surface area (Å²) < 4.78 is 0. The van der Waals surface area contributed by atoms with Crippen molar-refractivity contribution in [3.8, 4) is 0 Å². The van der Waals surface area contributed by atoms with Crippen molar-refractivity contribution in [2.45, 2.75) is 79.2 Å². The molecule has 1 rings (SSSR count). The van der Waals surface area contributed by atoms with Crippen molar-refractivity contribution in [1.29, 1.82) is 0 Å². The van der Waals surface area contributed by atoms with Gasteiger partial charge in [0, 0.05) is 6.42 Å². The van der Waals surface area contributed by atoms with Crippen LogP contribution >= 0.6 is 0 Å². The molecule has 1 fully saturated rings. The summed E-state index contributed by atoms with van der Waals surface area (Å²) >= 11 is 0. The largest absolute Gasteiger partial charge is 0.374 e. The van der Waals surface area contributed by atoms with Crippen LogP contribution in [-0.2, 0) is 19.2 Å². The van der Waals surface area contributed by atoms with E-state index in [0.29, 0.717) is 12.8 Å². The molecule has 0 aromatic carbocycles. The fraction of sp³-hybridized carbons (Fsp3) is 0.810. The van der Waals surface area contributed by atoms with E-state index in [1.165, 1.54) is 0 Å². The number of rotatable bonds is 9. The van der Waals surface area contributed by atoms with Crippen LogP contribution in [0.25, 0.3) is 0 Å². The molecule has 3 atom stereocenters. The van der Waals surface area contributed by atoms with Crippen molar-refractivity contribution < 1.29 is 24.3 Å². The van der Waals surface area contributed by atoms with Gasteiger partial charge in [-0.2, -0.15) is 0 Å². The molecule has 2 unspecified atom stereocenters. The van der Waals surface area contributed by atoms with Gasteiger partial charge in [0.25, 0.3) is 0 Å². The molecule has 1 saturated carbocycles. The van der Waals surface area contributed by atoms with Crippen LogP contribution in [0.15, 0.2) is 0 Å². The van der Waals surface area contributed by atoms with Crippen LogP contribution in [0, 0.1) is 29.6 Å². The highest BCUT2D eigenvalue weighted by Crippen LogP contribution is 2.36. The summed E-state index contributed by atoms with van der Waals surface area (Å²) in [4.78, 5) is 51.2. The normalized spacial score (nSPS) is 27.1. The lowest BCUT2D eigenvalue weighted by atomic mass is 9.64. The van der Waals surface area contributed by atoms with Crippen molar-refractivity contribution >= 4 is 23.1 Å². The molecule has 1 aliphatic carbocycles. The van der Waals surface area contributed by atoms with Crippen LogP contribution in [0.1, 0.15) is 73.6 Å². The second-order valence-corrected chi connectivity index (χ2v) is 8.94. The summed E-state index contributed by atoms with van der Waals surface area (Å²) in [7, 11) is 0. The molecule has 1 N–H and O–H groups in total. The third-order valence-corrected chi connectivity index (χ3v) is 5.07. The van der Waals surface area contributed by atoms with Crippen molar-refractivity contribution in [1.82, 2.24) is 0 Å². The van der Waals surface area contributed by atoms with E-state index >= 15 is 0 Å². The van der Waals surface area contributed by atoms with Gasteiger partial charge in [0.05, 0.1) is 5.92 Å². The van der Waals surface area contributed by atoms with Crippen molar-refractivity contribution in [3.63, 3.8) is 0 Å². The number of Topliss-reactive ketones (excluding diaryl/α,β-unsaturated/α-hetero) is 4. The third kappa shape index (κ3) is 5.09. The van der Waals surface area contributed by atoms with Gasteiger partial charge in [-0.05, 0) is 43.4 Å². The van der Waals surface area contributed by atoms with Crippen molar-refractivity contribution in [3.05, 3.63) is 0 Å². The highest BCUT2D eigenvalue weighted by atomic mass is 16.3. The van der Waals surface area contributed by atoms with Gasteiger partial charge in [-0.15, -0.1) is 0 Å². The van der Waals surface area contributed by atoms with E-state index in [4.69, 9.17) is 0 Å². The monoisotopic (exact) mass is 366 g/mol. The van der Waals surface area contributed by atoms with Crippen LogP contribution in [0.4, 0.5) is 0 Å². The highest BCUT2D eigenvalue weighted by Gasteiger charge is 2.59. The molecular weight excluding hydrogens is 332 g/mol. The molecule has 0 amide bonds. The minimum Gasteiger partial charge on any atom is -0.374 e. The average molecular weight is 366 g/mol. The Hall–Kier alpha value is -1.36. The van der Waals surface area contributed by atoms with Gasteiger partial charge >= 0.3 is 0 Å². The maximum absolute atomic E-state index is 12.9. The summed E-state index contributed by atoms with van der Waals surface area (Å²) in [6, 6.07) is 0. The maximum atomic E-state index is 12.9. The molecule has 5 heteroatoms. The first-order chi connectivity index (χ1) is 11.9. The fourth-order valence-electron chi connectivity index (χ4n) is 3.45. The Morgan fingerprint density at radius 2 is 1.46 bits per heavy atom. The summed E-state index contributed by atoms with van der Waals surface area (Å²) in [5.74, 6) is -4.78. The highest BCUT2D eigenvalue weighted by molar-refractivity contribution is 6.35. The first-order valence-corrected chi connectivity index (χ1v) is 9.79. The fourth-order valence-corrected chi connectivity index (χ4v) is 3.45. The third-order valence-electron chi connectivity index (χ3n) is 5.07. The number of aliphatic hydroxyl groups is 1. The van der Waals surface area contributed by atoms with Crippen molar-refractivity contribution in [2.75, 3.05) is 0 Å². The minimum absolute atomic E-state index is 0.00130. The van der Waals surface area contributed by atoms with E-state index < -0.39 is 40.6 Å². The van der Waals surface area contributed by atoms with Gasteiger partial charge in [0.2, 0.25) is 0 Å². The molecule has 0 spiro atoms. The molecule has 0 aromatic heterocycles. The molecule has 26 heavy (non-hydrogen) atoms. The van der Waals surface area contributed by atoms with Crippen LogP contribution in [-0.4, -0.2) is 33.8 Å². The Labute approximate surface area is 156 Å². The van der Waals surface area contributed by atoms with E-state index in [1.54, 1.807) is 0 Å². The van der Waals surface area contributed by atoms with Crippen LogP contribution in [0.3, 0.4) is 0 Å². The zero-order valence-electron chi connectivity index (χ0n) is 17.0. The lowest BCUT2D eigenvalue weighted by Gasteiger charge is -2.37. The Morgan fingerprint density at radius 3 is 1.92 bits per heavy atom. The number of hydrogen-bond acceptors (Lipinski definition) is 5. The summed E-state index contributed by atoms with van der Waals surface area (Å²) in [5, 5.41) is 11.0. The Bertz CT molecular complexity index is 561. The zero-order valence-corrected chi connectivity index (χ0v) is 17.0. The van der Waals surface area contributed by atoms with Crippen LogP contribution in [0.5, 0.6) is 0 Å². The molecule has 0 aliphatic heterocycles. The van der Waals surface area contributed by atoms with E-state index in [0.717, 1.165) is 0 Å². The maximum Gasteiger partial charge on any atom is 0.189 e. The molecule has 0 heterocycles. The molecule has 5 nitrogen and oxygen atoms in total. The van der Waals surface area contributed by atoms with E-state index in [9.17, 15) is 24.3 Å². The zero-order chi connectivity index (χ0) is 20.2. The van der Waals surface area contributed by atoms with E-state index in [1.807, 2.05) is 41.5 Å². The van der Waals surface area contributed by atoms with Gasteiger partial charge in [-0.1, -0.05) is 41.5 Å². The second-order valence-electron chi connectivity index (χ2n) is 8.94. The lowest BCUT2D eigenvalue weighted by Crippen LogP contribution is -2.62. The smallest absolute Gasteiger partial charge is 0.189 e. The van der Waals surface area contributed by atoms with Gasteiger partial charge in [0.1, 0.15) is 5.92 Å². The Morgan fingerprint density at radius 1 is 0.923 bits per heavy atom. The summed E-state index contributed by atoms with van der Waals surface area (Å²) in [6.45, 7) is 11.5. The lowest BCUT2D eigenvalue weighted by molar-refractivity contribution is -0.168. The summed E-state index contributed by atoms with van der Waals surface area (Å²) in [6.07, 6.45) is 1.44. The number of carbonyl (C=O) groups excluding carboxylic acids is 4. The van der Waals surface area contributed by atoms with E-state index in [2.05, 4.69) is 0 Å². The Kier molecular flexibility index (Phi) is 7.87. The first-order valence-electron chi connectivity index (χ1n) is 9.79. The second kappa shape index (κ2) is 9.03. The minimum atomic E-state index is -2.21. The molecule has 148 valence electrons. The molecule has 0 bridgehead atoms. The van der Waals surface area contributed by atoms with Gasteiger partial charge in [0.15, 0.2) is 28.7 Å². The number of hydrogen-bond donors (Lipinski definition) is 1. The van der Waals surface area contributed by atoms with Gasteiger partial charge in [-0.3, -0.25) is 19.2 Å².